The monoisotopic (exact) mass is 146 g/mol. The molecule has 10 heavy (non-hydrogen) atoms. The van der Waals surface area contributed by atoms with Gasteiger partial charge in [-0.2, -0.15) is 0 Å². The van der Waals surface area contributed by atoms with Gasteiger partial charge in [-0.05, 0) is 12.8 Å². The Labute approximate surface area is 61.3 Å². The van der Waals surface area contributed by atoms with Crippen LogP contribution >= 0.6 is 0 Å². The summed E-state index contributed by atoms with van der Waals surface area (Å²) in [4.78, 5) is 0. The zero-order chi connectivity index (χ0) is 7.07. The molecule has 0 bridgehead atoms. The van der Waals surface area contributed by atoms with Gasteiger partial charge in [-0.3, -0.25) is 0 Å². The van der Waals surface area contributed by atoms with E-state index in [1.807, 2.05) is 0 Å². The fraction of sp³-hybridized carbons (Fsp3) is 1.00. The second-order valence-electron chi connectivity index (χ2n) is 2.25. The summed E-state index contributed by atoms with van der Waals surface area (Å²) in [6.07, 6.45) is 2.56. The van der Waals surface area contributed by atoms with E-state index in [-0.39, 0.29) is 0 Å². The molecule has 0 aliphatic carbocycles. The van der Waals surface area contributed by atoms with Crippen LogP contribution in [0.25, 0.3) is 0 Å². The predicted molar refractivity (Wildman–Crippen MR) is 36.8 cm³/mol. The van der Waals surface area contributed by atoms with Gasteiger partial charge in [-0.1, -0.05) is 0 Å². The van der Waals surface area contributed by atoms with Crippen molar-refractivity contribution in [3.63, 3.8) is 0 Å². The van der Waals surface area contributed by atoms with E-state index in [1.54, 1.807) is 0 Å². The lowest BCUT2D eigenvalue weighted by Crippen LogP contribution is -1.79. The van der Waals surface area contributed by atoms with Gasteiger partial charge in [0.2, 0.25) is 0 Å². The minimum atomic E-state index is 0.500. The summed E-state index contributed by atoms with van der Waals surface area (Å²) in [5.41, 5.74) is 0. The Bertz CT molecular complexity index is 42.0. The molecule has 0 aromatic carbocycles. The van der Waals surface area contributed by atoms with Gasteiger partial charge in [0.1, 0.15) is 6.79 Å². The number of rotatable bonds is 0. The molecule has 2 saturated heterocycles. The van der Waals surface area contributed by atoms with Crippen molar-refractivity contribution >= 4 is 0 Å². The third-order valence-corrected chi connectivity index (χ3v) is 1.37. The van der Waals surface area contributed by atoms with Crippen molar-refractivity contribution in [2.45, 2.75) is 12.8 Å². The highest BCUT2D eigenvalue weighted by Gasteiger charge is 1.94. The highest BCUT2D eigenvalue weighted by atomic mass is 16.7. The first-order valence-electron chi connectivity index (χ1n) is 3.73. The Kier molecular flexibility index (Phi) is 4.51. The molecule has 2 heterocycles. The minimum absolute atomic E-state index is 0.500. The van der Waals surface area contributed by atoms with E-state index in [1.165, 1.54) is 12.8 Å². The quantitative estimate of drug-likeness (QED) is 0.505. The predicted octanol–water partition coefficient (Wildman–Crippen LogP) is 0.787. The summed E-state index contributed by atoms with van der Waals surface area (Å²) in [6.45, 7) is 4.06. The van der Waals surface area contributed by atoms with E-state index in [2.05, 4.69) is 0 Å². The molecule has 0 aromatic rings. The van der Waals surface area contributed by atoms with Gasteiger partial charge in [0.15, 0.2) is 0 Å². The van der Waals surface area contributed by atoms with Gasteiger partial charge in [0, 0.05) is 13.2 Å². The molecular weight excluding hydrogens is 132 g/mol. The zero-order valence-corrected chi connectivity index (χ0v) is 6.17. The Morgan fingerprint density at radius 3 is 1.40 bits per heavy atom. The smallest absolute Gasteiger partial charge is 0.146 e. The summed E-state index contributed by atoms with van der Waals surface area (Å²) < 4.78 is 14.4. The maximum absolute atomic E-state index is 4.94. The third-order valence-electron chi connectivity index (χ3n) is 1.37. The van der Waals surface area contributed by atoms with Crippen LogP contribution < -0.4 is 0 Å². The van der Waals surface area contributed by atoms with Crippen molar-refractivity contribution in [3.05, 3.63) is 0 Å². The van der Waals surface area contributed by atoms with E-state index < -0.39 is 0 Å². The van der Waals surface area contributed by atoms with Crippen LogP contribution in [0.15, 0.2) is 0 Å². The molecule has 2 aliphatic heterocycles. The Morgan fingerprint density at radius 1 is 0.600 bits per heavy atom. The molecule has 0 unspecified atom stereocenters. The Hall–Kier alpha value is -0.120. The standard InChI is InChI=1S/C4H8O.C3H6O2/c1-2-4-5-3-1;1-2-5-3-4-1/h1-4H2;1-3H2. The molecule has 0 aromatic heterocycles. The molecule has 2 fully saturated rings. The summed E-state index contributed by atoms with van der Waals surface area (Å²) in [5, 5.41) is 0. The van der Waals surface area contributed by atoms with E-state index in [0.717, 1.165) is 26.4 Å². The second kappa shape index (κ2) is 5.65. The van der Waals surface area contributed by atoms with Crippen LogP contribution in [0.4, 0.5) is 0 Å². The molecule has 0 amide bonds. The van der Waals surface area contributed by atoms with Crippen LogP contribution in [0.1, 0.15) is 12.8 Å². The number of ether oxygens (including phenoxy) is 3. The van der Waals surface area contributed by atoms with Gasteiger partial charge >= 0.3 is 0 Å². The van der Waals surface area contributed by atoms with E-state index in [0.29, 0.717) is 6.79 Å². The molecule has 3 heteroatoms. The topological polar surface area (TPSA) is 27.7 Å². The summed E-state index contributed by atoms with van der Waals surface area (Å²) in [6, 6.07) is 0. The largest absolute Gasteiger partial charge is 0.381 e. The maximum atomic E-state index is 4.94. The zero-order valence-electron chi connectivity index (χ0n) is 6.17. The molecule has 0 radical (unpaired) electrons. The minimum Gasteiger partial charge on any atom is -0.381 e. The average molecular weight is 146 g/mol. The first-order chi connectivity index (χ1) is 5.00. The van der Waals surface area contributed by atoms with Crippen LogP contribution in [0, 0.1) is 0 Å². The Morgan fingerprint density at radius 2 is 1.20 bits per heavy atom. The van der Waals surface area contributed by atoms with Crippen LogP contribution in [0.3, 0.4) is 0 Å². The lowest BCUT2D eigenvalue weighted by Gasteiger charge is -1.76. The highest BCUT2D eigenvalue weighted by Crippen LogP contribution is 1.98. The summed E-state index contributed by atoms with van der Waals surface area (Å²) in [7, 11) is 0. The third kappa shape index (κ3) is 3.82. The Balaban J connectivity index is 0.0000001000. The van der Waals surface area contributed by atoms with Crippen molar-refractivity contribution in [1.82, 2.24) is 0 Å². The molecule has 60 valence electrons. The van der Waals surface area contributed by atoms with Crippen LogP contribution in [-0.4, -0.2) is 33.2 Å². The lowest BCUT2D eigenvalue weighted by atomic mass is 10.4. The van der Waals surface area contributed by atoms with Gasteiger partial charge in [-0.25, -0.2) is 0 Å². The summed E-state index contributed by atoms with van der Waals surface area (Å²) >= 11 is 0. The van der Waals surface area contributed by atoms with Crippen molar-refractivity contribution in [1.29, 1.82) is 0 Å². The van der Waals surface area contributed by atoms with Crippen LogP contribution in [-0.2, 0) is 14.2 Å². The molecule has 0 atom stereocenters. The van der Waals surface area contributed by atoms with Crippen LogP contribution in [0.5, 0.6) is 0 Å². The molecule has 0 saturated carbocycles. The highest BCUT2D eigenvalue weighted by molar-refractivity contribution is 4.43. The fourth-order valence-electron chi connectivity index (χ4n) is 0.805. The second-order valence-corrected chi connectivity index (χ2v) is 2.25. The van der Waals surface area contributed by atoms with Crippen molar-refractivity contribution in [2.75, 3.05) is 33.2 Å². The molecule has 0 spiro atoms. The van der Waals surface area contributed by atoms with Crippen molar-refractivity contribution in [2.24, 2.45) is 0 Å². The van der Waals surface area contributed by atoms with Crippen molar-refractivity contribution < 1.29 is 14.2 Å². The van der Waals surface area contributed by atoms with E-state index >= 15 is 0 Å². The normalized spacial score (nSPS) is 24.0. The van der Waals surface area contributed by atoms with Gasteiger partial charge in [-0.15, -0.1) is 0 Å². The molecule has 2 aliphatic rings. The summed E-state index contributed by atoms with van der Waals surface area (Å²) in [5.74, 6) is 0. The maximum Gasteiger partial charge on any atom is 0.146 e. The van der Waals surface area contributed by atoms with Gasteiger partial charge in [0.25, 0.3) is 0 Å². The first-order valence-corrected chi connectivity index (χ1v) is 3.73. The lowest BCUT2D eigenvalue weighted by molar-refractivity contribution is 0.0692. The van der Waals surface area contributed by atoms with E-state index in [4.69, 9.17) is 14.2 Å². The first kappa shape index (κ1) is 7.98. The van der Waals surface area contributed by atoms with E-state index in [9.17, 15) is 0 Å². The fourth-order valence-corrected chi connectivity index (χ4v) is 0.805. The number of hydrogen-bond acceptors (Lipinski definition) is 3. The SMILES string of the molecule is C1CCOC1.C1COCO1. The average Bonchev–Trinajstić information content (AvgIpc) is 2.67. The molecule has 2 rings (SSSR count). The van der Waals surface area contributed by atoms with Gasteiger partial charge in [0.05, 0.1) is 13.2 Å². The number of hydrogen-bond donors (Lipinski definition) is 0. The molecule has 0 N–H and O–H groups in total. The van der Waals surface area contributed by atoms with Gasteiger partial charge < -0.3 is 14.2 Å². The van der Waals surface area contributed by atoms with Crippen LogP contribution in [0.2, 0.25) is 0 Å². The molecular formula is C7H14O3. The van der Waals surface area contributed by atoms with Crippen molar-refractivity contribution in [3.8, 4) is 0 Å². The molecule has 3 nitrogen and oxygen atoms in total.